The van der Waals surface area contributed by atoms with Gasteiger partial charge in [0, 0.05) is 13.2 Å². The van der Waals surface area contributed by atoms with Crippen LogP contribution in [0.4, 0.5) is 5.69 Å². The summed E-state index contributed by atoms with van der Waals surface area (Å²) < 4.78 is 6.16. The van der Waals surface area contributed by atoms with E-state index in [2.05, 4.69) is 5.10 Å². The monoisotopic (exact) mass is 240 g/mol. The Kier molecular flexibility index (Phi) is 4.50. The van der Waals surface area contributed by atoms with Gasteiger partial charge in [0.25, 0.3) is 0 Å². The van der Waals surface area contributed by atoms with Crippen LogP contribution in [0.1, 0.15) is 6.92 Å². The maximum atomic E-state index is 11.7. The molecule has 7 nitrogen and oxygen atoms in total. The molecule has 1 amide bonds. The van der Waals surface area contributed by atoms with E-state index in [0.29, 0.717) is 12.3 Å². The van der Waals surface area contributed by atoms with Crippen LogP contribution in [0.5, 0.6) is 0 Å². The Hall–Kier alpha value is -2.05. The number of nitrogens with zero attached hydrogens (tertiary/aromatic N) is 3. The quantitative estimate of drug-likeness (QED) is 0.700. The fourth-order valence-electron chi connectivity index (χ4n) is 1.21. The molecule has 0 atom stereocenters. The highest BCUT2D eigenvalue weighted by Crippen LogP contribution is 1.99. The molecule has 0 saturated carbocycles. The van der Waals surface area contributed by atoms with Crippen LogP contribution in [-0.4, -0.2) is 46.8 Å². The van der Waals surface area contributed by atoms with Gasteiger partial charge in [-0.3, -0.25) is 14.3 Å². The van der Waals surface area contributed by atoms with E-state index in [9.17, 15) is 9.59 Å². The second kappa shape index (κ2) is 5.88. The number of aromatic nitrogens is 2. The van der Waals surface area contributed by atoms with E-state index < -0.39 is 5.97 Å². The third-order valence-corrected chi connectivity index (χ3v) is 2.05. The fourth-order valence-corrected chi connectivity index (χ4v) is 1.21. The topological polar surface area (TPSA) is 90.5 Å². The number of amides is 1. The molecule has 0 fully saturated rings. The van der Waals surface area contributed by atoms with Gasteiger partial charge in [0.15, 0.2) is 0 Å². The number of nitrogens with two attached hydrogens (primary N) is 1. The molecular formula is C10H16N4O3. The average Bonchev–Trinajstić information content (AvgIpc) is 2.64. The minimum absolute atomic E-state index is 0.0487. The van der Waals surface area contributed by atoms with E-state index in [1.165, 1.54) is 22.8 Å². The number of carbonyl (C=O) groups is 2. The normalized spacial score (nSPS) is 10.0. The van der Waals surface area contributed by atoms with Gasteiger partial charge in [0.1, 0.15) is 13.1 Å². The van der Waals surface area contributed by atoms with Crippen LogP contribution in [0.2, 0.25) is 0 Å². The first-order valence-corrected chi connectivity index (χ1v) is 5.20. The summed E-state index contributed by atoms with van der Waals surface area (Å²) in [7, 11) is 1.53. The van der Waals surface area contributed by atoms with Crippen molar-refractivity contribution >= 4 is 17.6 Å². The van der Waals surface area contributed by atoms with Crippen molar-refractivity contribution in [1.29, 1.82) is 0 Å². The number of likely N-dealkylation sites (N-methyl/N-ethyl adjacent to an activating group) is 1. The van der Waals surface area contributed by atoms with Gasteiger partial charge in [-0.2, -0.15) is 5.10 Å². The molecule has 94 valence electrons. The van der Waals surface area contributed by atoms with Crippen molar-refractivity contribution in [2.24, 2.45) is 0 Å². The lowest BCUT2D eigenvalue weighted by Gasteiger charge is -2.15. The summed E-state index contributed by atoms with van der Waals surface area (Å²) in [6.45, 7) is 2.00. The maximum absolute atomic E-state index is 11.7. The smallest absolute Gasteiger partial charge is 0.325 e. The van der Waals surface area contributed by atoms with Crippen LogP contribution in [0.25, 0.3) is 0 Å². The Balaban J connectivity index is 2.44. The highest BCUT2D eigenvalue weighted by molar-refractivity contribution is 5.81. The molecule has 0 aliphatic carbocycles. The number of hydrogen-bond donors (Lipinski definition) is 1. The van der Waals surface area contributed by atoms with E-state index in [1.54, 1.807) is 13.1 Å². The summed E-state index contributed by atoms with van der Waals surface area (Å²) in [6.07, 6.45) is 3.01. The Morgan fingerprint density at radius 3 is 2.82 bits per heavy atom. The lowest BCUT2D eigenvalue weighted by Crippen LogP contribution is -2.35. The number of anilines is 1. The molecule has 7 heteroatoms. The van der Waals surface area contributed by atoms with Crippen molar-refractivity contribution in [2.75, 3.05) is 25.9 Å². The standard InChI is InChI=1S/C10H16N4O3/c1-3-17-10(16)7-13(2)9(15)6-14-5-8(11)4-12-14/h4-5H,3,6-7,11H2,1-2H3. The fraction of sp³-hybridized carbons (Fsp3) is 0.500. The summed E-state index contributed by atoms with van der Waals surface area (Å²) in [4.78, 5) is 24.1. The molecule has 0 spiro atoms. The SMILES string of the molecule is CCOC(=O)CN(C)C(=O)Cn1cc(N)cn1. The molecule has 1 aromatic rings. The summed E-state index contributed by atoms with van der Waals surface area (Å²) in [6, 6.07) is 0. The van der Waals surface area contributed by atoms with Gasteiger partial charge in [-0.1, -0.05) is 0 Å². The third kappa shape index (κ3) is 4.13. The Morgan fingerprint density at radius 1 is 1.59 bits per heavy atom. The van der Waals surface area contributed by atoms with E-state index in [4.69, 9.17) is 10.5 Å². The Morgan fingerprint density at radius 2 is 2.29 bits per heavy atom. The van der Waals surface area contributed by atoms with Crippen molar-refractivity contribution in [3.63, 3.8) is 0 Å². The maximum Gasteiger partial charge on any atom is 0.325 e. The summed E-state index contributed by atoms with van der Waals surface area (Å²) in [5.41, 5.74) is 5.96. The van der Waals surface area contributed by atoms with Crippen LogP contribution in [0.3, 0.4) is 0 Å². The predicted octanol–water partition coefficient (Wildman–Crippen LogP) is -0.513. The predicted molar refractivity (Wildman–Crippen MR) is 60.9 cm³/mol. The number of nitrogen functional groups attached to an aromatic ring is 1. The van der Waals surface area contributed by atoms with Gasteiger partial charge in [0.2, 0.25) is 5.91 Å². The van der Waals surface area contributed by atoms with Crippen LogP contribution in [-0.2, 0) is 20.9 Å². The zero-order chi connectivity index (χ0) is 12.8. The molecule has 0 aliphatic heterocycles. The summed E-state index contributed by atoms with van der Waals surface area (Å²) in [5.74, 6) is -0.663. The molecule has 0 aliphatic rings. The largest absolute Gasteiger partial charge is 0.465 e. The first-order valence-electron chi connectivity index (χ1n) is 5.20. The minimum atomic E-state index is -0.427. The molecule has 1 heterocycles. The first-order chi connectivity index (χ1) is 8.02. The molecule has 0 bridgehead atoms. The zero-order valence-corrected chi connectivity index (χ0v) is 9.92. The Bertz CT molecular complexity index is 402. The molecule has 2 N–H and O–H groups in total. The van der Waals surface area contributed by atoms with E-state index in [-0.39, 0.29) is 19.0 Å². The lowest BCUT2D eigenvalue weighted by molar-refractivity contribution is -0.148. The highest BCUT2D eigenvalue weighted by atomic mass is 16.5. The second-order valence-corrected chi connectivity index (χ2v) is 3.53. The molecule has 1 aromatic heterocycles. The van der Waals surface area contributed by atoms with Crippen LogP contribution in [0.15, 0.2) is 12.4 Å². The van der Waals surface area contributed by atoms with Gasteiger partial charge in [0.05, 0.1) is 18.5 Å². The number of esters is 1. The highest BCUT2D eigenvalue weighted by Gasteiger charge is 2.14. The van der Waals surface area contributed by atoms with E-state index in [1.807, 2.05) is 0 Å². The molecule has 0 aromatic carbocycles. The van der Waals surface area contributed by atoms with Gasteiger partial charge in [-0.15, -0.1) is 0 Å². The van der Waals surface area contributed by atoms with Crippen LogP contribution < -0.4 is 5.73 Å². The number of rotatable bonds is 5. The average molecular weight is 240 g/mol. The summed E-state index contributed by atoms with van der Waals surface area (Å²) >= 11 is 0. The van der Waals surface area contributed by atoms with Crippen molar-refractivity contribution in [3.8, 4) is 0 Å². The molecule has 0 unspecified atom stereocenters. The van der Waals surface area contributed by atoms with E-state index in [0.717, 1.165) is 0 Å². The summed E-state index contributed by atoms with van der Waals surface area (Å²) in [5, 5.41) is 3.88. The first kappa shape index (κ1) is 13.0. The van der Waals surface area contributed by atoms with Gasteiger partial charge >= 0.3 is 5.97 Å². The van der Waals surface area contributed by atoms with Gasteiger partial charge in [-0.05, 0) is 6.92 Å². The van der Waals surface area contributed by atoms with Crippen molar-refractivity contribution in [3.05, 3.63) is 12.4 Å². The Labute approximate surface area is 99.1 Å². The molecule has 1 rings (SSSR count). The van der Waals surface area contributed by atoms with E-state index >= 15 is 0 Å². The number of ether oxygens (including phenoxy) is 1. The van der Waals surface area contributed by atoms with Crippen molar-refractivity contribution in [1.82, 2.24) is 14.7 Å². The van der Waals surface area contributed by atoms with Gasteiger partial charge < -0.3 is 15.4 Å². The van der Waals surface area contributed by atoms with Crippen molar-refractivity contribution < 1.29 is 14.3 Å². The van der Waals surface area contributed by atoms with Crippen LogP contribution >= 0.6 is 0 Å². The zero-order valence-electron chi connectivity index (χ0n) is 9.92. The molecule has 17 heavy (non-hydrogen) atoms. The van der Waals surface area contributed by atoms with Gasteiger partial charge in [-0.25, -0.2) is 0 Å². The second-order valence-electron chi connectivity index (χ2n) is 3.53. The van der Waals surface area contributed by atoms with Crippen molar-refractivity contribution in [2.45, 2.75) is 13.5 Å². The number of hydrogen-bond acceptors (Lipinski definition) is 5. The minimum Gasteiger partial charge on any atom is -0.465 e. The molecular weight excluding hydrogens is 224 g/mol. The third-order valence-electron chi connectivity index (χ3n) is 2.05. The molecule has 0 saturated heterocycles. The van der Waals surface area contributed by atoms with Crippen LogP contribution in [0, 0.1) is 0 Å². The number of carbonyl (C=O) groups excluding carboxylic acids is 2. The molecule has 0 radical (unpaired) electrons. The lowest BCUT2D eigenvalue weighted by atomic mass is 10.5.